The maximum atomic E-state index is 12.5. The highest BCUT2D eigenvalue weighted by atomic mass is 32.1. The third kappa shape index (κ3) is 5.12. The zero-order valence-corrected chi connectivity index (χ0v) is 15.8. The Kier molecular flexibility index (Phi) is 6.16. The van der Waals surface area contributed by atoms with Gasteiger partial charge in [0, 0.05) is 29.9 Å². The van der Waals surface area contributed by atoms with E-state index < -0.39 is 0 Å². The normalized spacial score (nSPS) is 13.7. The Morgan fingerprint density at radius 1 is 1.07 bits per heavy atom. The zero-order valence-electron chi connectivity index (χ0n) is 14.9. The first kappa shape index (κ1) is 19.0. The molecule has 0 bridgehead atoms. The first-order valence-electron chi connectivity index (χ1n) is 8.60. The molecule has 0 unspecified atom stereocenters. The van der Waals surface area contributed by atoms with Crippen LogP contribution in [0, 0.1) is 0 Å². The molecule has 1 saturated heterocycles. The summed E-state index contributed by atoms with van der Waals surface area (Å²) >= 11 is 5.32. The summed E-state index contributed by atoms with van der Waals surface area (Å²) in [5.74, 6) is 0.216. The van der Waals surface area contributed by atoms with Crippen LogP contribution in [-0.4, -0.2) is 48.1 Å². The number of nitrogens with one attached hydrogen (secondary N) is 1. The predicted molar refractivity (Wildman–Crippen MR) is 106 cm³/mol. The van der Waals surface area contributed by atoms with E-state index in [4.69, 9.17) is 21.7 Å². The number of amides is 1. The fourth-order valence-corrected chi connectivity index (χ4v) is 2.88. The van der Waals surface area contributed by atoms with Gasteiger partial charge in [-0.15, -0.1) is 0 Å². The molecule has 1 amide bonds. The molecule has 3 rings (SSSR count). The number of ketones is 1. The molecule has 0 radical (unpaired) electrons. The van der Waals surface area contributed by atoms with Crippen LogP contribution >= 0.6 is 12.2 Å². The lowest BCUT2D eigenvalue weighted by atomic mass is 10.1. The van der Waals surface area contributed by atoms with Gasteiger partial charge in [-0.05, 0) is 61.6 Å². The molecule has 6 nitrogen and oxygen atoms in total. The molecule has 0 aliphatic carbocycles. The summed E-state index contributed by atoms with van der Waals surface area (Å²) in [7, 11) is 0. The van der Waals surface area contributed by atoms with Crippen LogP contribution in [0.2, 0.25) is 0 Å². The highest BCUT2D eigenvalue weighted by molar-refractivity contribution is 7.80. The van der Waals surface area contributed by atoms with E-state index in [0.29, 0.717) is 54.0 Å². The Labute approximate surface area is 163 Å². The van der Waals surface area contributed by atoms with Crippen LogP contribution in [0.15, 0.2) is 48.5 Å². The second kappa shape index (κ2) is 8.75. The van der Waals surface area contributed by atoms with E-state index in [2.05, 4.69) is 5.32 Å². The zero-order chi connectivity index (χ0) is 19.2. The monoisotopic (exact) mass is 384 g/mol. The molecule has 2 aromatic rings. The van der Waals surface area contributed by atoms with Crippen molar-refractivity contribution in [1.82, 2.24) is 4.90 Å². The number of carbonyl (C=O) groups is 2. The van der Waals surface area contributed by atoms with E-state index >= 15 is 0 Å². The highest BCUT2D eigenvalue weighted by Crippen LogP contribution is 2.17. The maximum absolute atomic E-state index is 12.5. The Hall–Kier alpha value is -2.77. The van der Waals surface area contributed by atoms with Gasteiger partial charge in [-0.1, -0.05) is 6.07 Å². The Morgan fingerprint density at radius 3 is 2.44 bits per heavy atom. The number of hydrogen-bond acceptors (Lipinski definition) is 5. The number of nitrogens with zero attached hydrogens (tertiary/aromatic N) is 1. The summed E-state index contributed by atoms with van der Waals surface area (Å²) in [4.78, 5) is 25.7. The highest BCUT2D eigenvalue weighted by Gasteiger charge is 2.16. The van der Waals surface area contributed by atoms with Crippen molar-refractivity contribution >= 4 is 34.8 Å². The van der Waals surface area contributed by atoms with Crippen LogP contribution in [0.25, 0.3) is 0 Å². The van der Waals surface area contributed by atoms with Crippen LogP contribution in [0.4, 0.5) is 5.69 Å². The molecule has 1 heterocycles. The second-order valence-electron chi connectivity index (χ2n) is 6.08. The SMILES string of the molecule is CC(=O)c1ccc(NC(=O)c2cccc(OC(=S)N3CCOCC3)c2)cc1. The number of thiocarbonyl (C=S) groups is 1. The van der Waals surface area contributed by atoms with Crippen LogP contribution in [0.5, 0.6) is 5.75 Å². The van der Waals surface area contributed by atoms with Crippen molar-refractivity contribution in [1.29, 1.82) is 0 Å². The van der Waals surface area contributed by atoms with Gasteiger partial charge in [-0.2, -0.15) is 0 Å². The van der Waals surface area contributed by atoms with Gasteiger partial charge >= 0.3 is 0 Å². The third-order valence-electron chi connectivity index (χ3n) is 4.12. The Bertz CT molecular complexity index is 845. The number of carbonyl (C=O) groups excluding carboxylic acids is 2. The molecule has 1 aliphatic rings. The summed E-state index contributed by atoms with van der Waals surface area (Å²) in [6.45, 7) is 4.12. The van der Waals surface area contributed by atoms with Gasteiger partial charge in [0.1, 0.15) is 5.75 Å². The molecular formula is C20H20N2O4S. The number of rotatable bonds is 4. The van der Waals surface area contributed by atoms with Gasteiger partial charge in [-0.25, -0.2) is 0 Å². The minimum atomic E-state index is -0.270. The van der Waals surface area contributed by atoms with Gasteiger partial charge in [0.05, 0.1) is 13.2 Å². The predicted octanol–water partition coefficient (Wildman–Crippen LogP) is 3.14. The van der Waals surface area contributed by atoms with Gasteiger partial charge in [0.2, 0.25) is 0 Å². The van der Waals surface area contributed by atoms with Crippen molar-refractivity contribution in [2.45, 2.75) is 6.92 Å². The van der Waals surface area contributed by atoms with Crippen molar-refractivity contribution in [3.63, 3.8) is 0 Å². The van der Waals surface area contributed by atoms with Crippen LogP contribution in [0.3, 0.4) is 0 Å². The summed E-state index contributed by atoms with van der Waals surface area (Å²) < 4.78 is 11.0. The summed E-state index contributed by atoms with van der Waals surface area (Å²) in [6, 6.07) is 13.6. The maximum Gasteiger partial charge on any atom is 0.264 e. The summed E-state index contributed by atoms with van der Waals surface area (Å²) in [5.41, 5.74) is 1.66. The smallest absolute Gasteiger partial charge is 0.264 e. The molecular weight excluding hydrogens is 364 g/mol. The molecule has 0 atom stereocenters. The molecule has 27 heavy (non-hydrogen) atoms. The second-order valence-corrected chi connectivity index (χ2v) is 6.43. The number of hydrogen-bond donors (Lipinski definition) is 1. The fraction of sp³-hybridized carbons (Fsp3) is 0.250. The van der Waals surface area contributed by atoms with Gasteiger partial charge in [0.15, 0.2) is 5.78 Å². The topological polar surface area (TPSA) is 67.9 Å². The lowest BCUT2D eigenvalue weighted by Gasteiger charge is -2.28. The van der Waals surface area contributed by atoms with E-state index in [0.717, 1.165) is 0 Å². The van der Waals surface area contributed by atoms with Gasteiger partial charge in [0.25, 0.3) is 11.1 Å². The van der Waals surface area contributed by atoms with E-state index in [-0.39, 0.29) is 11.7 Å². The molecule has 0 aromatic heterocycles. The first-order valence-corrected chi connectivity index (χ1v) is 9.01. The Morgan fingerprint density at radius 2 is 1.78 bits per heavy atom. The number of benzene rings is 2. The lowest BCUT2D eigenvalue weighted by Crippen LogP contribution is -2.42. The fourth-order valence-electron chi connectivity index (χ4n) is 2.60. The minimum Gasteiger partial charge on any atom is -0.432 e. The average Bonchev–Trinajstić information content (AvgIpc) is 2.69. The van der Waals surface area contributed by atoms with Crippen LogP contribution in [-0.2, 0) is 4.74 Å². The number of Topliss-reactive ketones (excluding diaryl/α,β-unsaturated/α-hetero) is 1. The van der Waals surface area contributed by atoms with Crippen molar-refractivity contribution in [3.05, 3.63) is 59.7 Å². The molecule has 2 aromatic carbocycles. The van der Waals surface area contributed by atoms with Crippen molar-refractivity contribution in [2.75, 3.05) is 31.6 Å². The van der Waals surface area contributed by atoms with Gasteiger partial charge in [-0.3, -0.25) is 9.59 Å². The summed E-state index contributed by atoms with van der Waals surface area (Å²) in [5, 5.41) is 3.17. The standard InChI is InChI=1S/C20H20N2O4S/c1-14(23)15-5-7-17(8-6-15)21-19(24)16-3-2-4-18(13-16)26-20(27)22-9-11-25-12-10-22/h2-8,13H,9-12H2,1H3,(H,21,24). The lowest BCUT2D eigenvalue weighted by molar-refractivity contribution is 0.0631. The largest absolute Gasteiger partial charge is 0.432 e. The average molecular weight is 384 g/mol. The van der Waals surface area contributed by atoms with E-state index in [9.17, 15) is 9.59 Å². The Balaban J connectivity index is 1.64. The van der Waals surface area contributed by atoms with E-state index in [1.165, 1.54) is 6.92 Å². The molecule has 1 N–H and O–H groups in total. The number of ether oxygens (including phenoxy) is 2. The quantitative estimate of drug-likeness (QED) is 0.645. The van der Waals surface area contributed by atoms with Crippen molar-refractivity contribution in [2.24, 2.45) is 0 Å². The summed E-state index contributed by atoms with van der Waals surface area (Å²) in [6.07, 6.45) is 0. The minimum absolute atomic E-state index is 0.0195. The number of morpholine rings is 1. The van der Waals surface area contributed by atoms with E-state index in [1.807, 2.05) is 4.90 Å². The third-order valence-corrected chi connectivity index (χ3v) is 4.46. The molecule has 1 fully saturated rings. The van der Waals surface area contributed by atoms with Crippen molar-refractivity contribution in [3.8, 4) is 5.75 Å². The van der Waals surface area contributed by atoms with Crippen molar-refractivity contribution < 1.29 is 19.1 Å². The molecule has 7 heteroatoms. The van der Waals surface area contributed by atoms with E-state index in [1.54, 1.807) is 48.5 Å². The van der Waals surface area contributed by atoms with Crippen LogP contribution in [0.1, 0.15) is 27.6 Å². The molecule has 0 spiro atoms. The van der Waals surface area contributed by atoms with Crippen LogP contribution < -0.4 is 10.1 Å². The molecule has 0 saturated carbocycles. The number of anilines is 1. The molecule has 1 aliphatic heterocycles. The first-order chi connectivity index (χ1) is 13.0. The molecule has 140 valence electrons. The van der Waals surface area contributed by atoms with Gasteiger partial charge < -0.3 is 19.7 Å².